The summed E-state index contributed by atoms with van der Waals surface area (Å²) in [6.45, 7) is 4.07. The standard InChI is InChI=1S/C25H20F2N4O4/c1-3-16-19(26)5-4-14-8-15(32)9-17(20(14)16)22-21(27)23-18(10-28-22)24(30-25(29-23)35-33)31-6-7-34-12-13(2)11-31/h1,4-5,8-10,13,32-33H,6-7,11-12H2,2H3. The van der Waals surface area contributed by atoms with Crippen LogP contribution in [0.2, 0.25) is 0 Å². The highest BCUT2D eigenvalue weighted by Gasteiger charge is 2.25. The Morgan fingerprint density at radius 3 is 2.86 bits per heavy atom. The smallest absolute Gasteiger partial charge is 0.355 e. The number of aromatic nitrogens is 3. The first-order chi connectivity index (χ1) is 16.9. The molecule has 0 aliphatic carbocycles. The van der Waals surface area contributed by atoms with Crippen LogP contribution in [0, 0.1) is 29.9 Å². The molecule has 2 aromatic carbocycles. The third-order valence-electron chi connectivity index (χ3n) is 5.92. The molecule has 1 fully saturated rings. The molecular formula is C25H20F2N4O4. The van der Waals surface area contributed by atoms with Crippen molar-refractivity contribution in [2.24, 2.45) is 5.92 Å². The van der Waals surface area contributed by atoms with Crippen LogP contribution in [-0.2, 0) is 4.74 Å². The van der Waals surface area contributed by atoms with Crippen molar-refractivity contribution in [3.63, 3.8) is 0 Å². The van der Waals surface area contributed by atoms with Crippen molar-refractivity contribution in [3.05, 3.63) is 47.7 Å². The summed E-state index contributed by atoms with van der Waals surface area (Å²) in [5, 5.41) is 20.5. The Morgan fingerprint density at radius 2 is 2.09 bits per heavy atom. The molecule has 3 heterocycles. The van der Waals surface area contributed by atoms with E-state index in [1.54, 1.807) is 0 Å². The Kier molecular flexibility index (Phi) is 5.80. The molecule has 1 aliphatic heterocycles. The molecular weight excluding hydrogens is 458 g/mol. The van der Waals surface area contributed by atoms with Gasteiger partial charge >= 0.3 is 6.01 Å². The van der Waals surface area contributed by atoms with Gasteiger partial charge in [0, 0.05) is 30.2 Å². The van der Waals surface area contributed by atoms with E-state index in [9.17, 15) is 14.8 Å². The zero-order valence-electron chi connectivity index (χ0n) is 18.6. The van der Waals surface area contributed by atoms with Gasteiger partial charge in [-0.25, -0.2) is 8.78 Å². The number of phenols is 1. The molecule has 0 bridgehead atoms. The molecule has 10 heteroatoms. The van der Waals surface area contributed by atoms with Crippen molar-refractivity contribution < 1.29 is 28.8 Å². The highest BCUT2D eigenvalue weighted by atomic mass is 19.1. The van der Waals surface area contributed by atoms with Crippen molar-refractivity contribution in [1.29, 1.82) is 0 Å². The average Bonchev–Trinajstić information content (AvgIpc) is 3.07. The molecule has 0 radical (unpaired) electrons. The number of aromatic hydroxyl groups is 1. The molecule has 178 valence electrons. The Morgan fingerprint density at radius 1 is 1.26 bits per heavy atom. The second kappa shape index (κ2) is 8.94. The zero-order chi connectivity index (χ0) is 24.7. The number of benzene rings is 2. The maximum atomic E-state index is 16.0. The van der Waals surface area contributed by atoms with Crippen LogP contribution in [0.3, 0.4) is 0 Å². The quantitative estimate of drug-likeness (QED) is 0.258. The molecule has 1 atom stereocenters. The minimum Gasteiger partial charge on any atom is -0.508 e. The average molecular weight is 478 g/mol. The minimum absolute atomic E-state index is 0.0832. The van der Waals surface area contributed by atoms with E-state index in [2.05, 4.69) is 25.8 Å². The molecule has 1 aliphatic rings. The lowest BCUT2D eigenvalue weighted by Gasteiger charge is -2.24. The number of pyridine rings is 1. The summed E-state index contributed by atoms with van der Waals surface area (Å²) < 4.78 is 36.1. The lowest BCUT2D eigenvalue weighted by atomic mass is 9.96. The number of terminal acetylenes is 1. The predicted molar refractivity (Wildman–Crippen MR) is 125 cm³/mol. The third kappa shape index (κ3) is 3.95. The first-order valence-corrected chi connectivity index (χ1v) is 10.8. The second-order valence-electron chi connectivity index (χ2n) is 8.39. The second-order valence-corrected chi connectivity index (χ2v) is 8.39. The van der Waals surface area contributed by atoms with Gasteiger partial charge in [-0.1, -0.05) is 18.9 Å². The van der Waals surface area contributed by atoms with Crippen LogP contribution in [-0.4, -0.2) is 51.6 Å². The highest BCUT2D eigenvalue weighted by molar-refractivity contribution is 6.03. The van der Waals surface area contributed by atoms with Gasteiger partial charge in [-0.15, -0.1) is 6.42 Å². The van der Waals surface area contributed by atoms with Crippen LogP contribution < -0.4 is 9.79 Å². The molecule has 35 heavy (non-hydrogen) atoms. The summed E-state index contributed by atoms with van der Waals surface area (Å²) in [6.07, 6.45) is 6.94. The molecule has 0 spiro atoms. The van der Waals surface area contributed by atoms with Crippen LogP contribution in [0.4, 0.5) is 14.6 Å². The summed E-state index contributed by atoms with van der Waals surface area (Å²) in [4.78, 5) is 18.7. The van der Waals surface area contributed by atoms with E-state index >= 15 is 4.39 Å². The first-order valence-electron chi connectivity index (χ1n) is 10.8. The fraction of sp³-hybridized carbons (Fsp3) is 0.240. The number of fused-ring (bicyclic) bond motifs is 2. The number of anilines is 1. The van der Waals surface area contributed by atoms with Gasteiger partial charge in [0.1, 0.15) is 28.6 Å². The van der Waals surface area contributed by atoms with Crippen LogP contribution in [0.25, 0.3) is 32.9 Å². The number of nitrogens with zero attached hydrogens (tertiary/aromatic N) is 4. The zero-order valence-corrected chi connectivity index (χ0v) is 18.6. The Balaban J connectivity index is 1.78. The van der Waals surface area contributed by atoms with Gasteiger partial charge in [-0.3, -0.25) is 9.87 Å². The van der Waals surface area contributed by atoms with Gasteiger partial charge in [0.05, 0.1) is 24.2 Å². The molecule has 4 aromatic rings. The van der Waals surface area contributed by atoms with E-state index in [0.29, 0.717) is 37.5 Å². The van der Waals surface area contributed by atoms with Gasteiger partial charge in [-0.05, 0) is 29.5 Å². The van der Waals surface area contributed by atoms with Crippen molar-refractivity contribution >= 4 is 27.5 Å². The summed E-state index contributed by atoms with van der Waals surface area (Å²) in [5.41, 5.74) is -0.367. The number of hydrogen-bond donors (Lipinski definition) is 2. The molecule has 0 saturated carbocycles. The van der Waals surface area contributed by atoms with Crippen molar-refractivity contribution in [2.45, 2.75) is 6.92 Å². The van der Waals surface area contributed by atoms with Gasteiger partial charge in [-0.2, -0.15) is 15.2 Å². The lowest BCUT2D eigenvalue weighted by molar-refractivity contribution is -0.145. The third-order valence-corrected chi connectivity index (χ3v) is 5.92. The Bertz CT molecular complexity index is 1510. The maximum Gasteiger partial charge on any atom is 0.355 e. The van der Waals surface area contributed by atoms with E-state index in [-0.39, 0.29) is 44.8 Å². The Labute approximate surface area is 198 Å². The van der Waals surface area contributed by atoms with Gasteiger partial charge in [0.2, 0.25) is 0 Å². The van der Waals surface area contributed by atoms with Crippen molar-refractivity contribution in [1.82, 2.24) is 15.0 Å². The fourth-order valence-corrected chi connectivity index (χ4v) is 4.42. The molecule has 1 saturated heterocycles. The van der Waals surface area contributed by atoms with Gasteiger partial charge in [0.15, 0.2) is 5.82 Å². The first kappa shape index (κ1) is 22.7. The molecule has 2 aromatic heterocycles. The number of rotatable bonds is 3. The monoisotopic (exact) mass is 478 g/mol. The fourth-order valence-electron chi connectivity index (χ4n) is 4.42. The van der Waals surface area contributed by atoms with Crippen LogP contribution in [0.1, 0.15) is 12.5 Å². The van der Waals surface area contributed by atoms with Crippen molar-refractivity contribution in [3.8, 4) is 35.4 Å². The molecule has 1 unspecified atom stereocenters. The van der Waals surface area contributed by atoms with E-state index in [4.69, 9.17) is 11.2 Å². The van der Waals surface area contributed by atoms with E-state index < -0.39 is 17.6 Å². The predicted octanol–water partition coefficient (Wildman–Crippen LogP) is 4.13. The SMILES string of the molecule is C#Cc1c(F)ccc2cc(O)cc(-c3ncc4c(N5CCOCC(C)C5)nc(OO)nc4c3F)c12. The topological polar surface area (TPSA) is 101 Å². The van der Waals surface area contributed by atoms with Crippen LogP contribution >= 0.6 is 0 Å². The summed E-state index contributed by atoms with van der Waals surface area (Å²) in [6, 6.07) is 4.84. The summed E-state index contributed by atoms with van der Waals surface area (Å²) in [5.74, 6) is 1.09. The number of hydrogen-bond acceptors (Lipinski definition) is 8. The van der Waals surface area contributed by atoms with E-state index in [0.717, 1.165) is 0 Å². The molecule has 8 nitrogen and oxygen atoms in total. The van der Waals surface area contributed by atoms with E-state index in [1.807, 2.05) is 11.8 Å². The van der Waals surface area contributed by atoms with Crippen molar-refractivity contribution in [2.75, 3.05) is 31.2 Å². The largest absolute Gasteiger partial charge is 0.508 e. The van der Waals surface area contributed by atoms with Gasteiger partial charge < -0.3 is 14.7 Å². The Hall–Kier alpha value is -4.07. The highest BCUT2D eigenvalue weighted by Crippen LogP contribution is 2.38. The molecule has 0 amide bonds. The number of halogens is 2. The lowest BCUT2D eigenvalue weighted by Crippen LogP contribution is -2.30. The summed E-state index contributed by atoms with van der Waals surface area (Å²) in [7, 11) is 0. The summed E-state index contributed by atoms with van der Waals surface area (Å²) >= 11 is 0. The normalized spacial score (nSPS) is 16.3. The number of phenolic OH excluding ortho intramolecular Hbond substituents is 1. The van der Waals surface area contributed by atoms with Crippen LogP contribution in [0.15, 0.2) is 30.5 Å². The molecule has 2 N–H and O–H groups in total. The van der Waals surface area contributed by atoms with Crippen LogP contribution in [0.5, 0.6) is 11.8 Å². The number of ether oxygens (including phenoxy) is 1. The van der Waals surface area contributed by atoms with E-state index in [1.165, 1.54) is 30.5 Å². The van der Waals surface area contributed by atoms with Gasteiger partial charge in [0.25, 0.3) is 0 Å². The minimum atomic E-state index is -0.872. The maximum absolute atomic E-state index is 16.0. The molecule has 5 rings (SSSR count).